The summed E-state index contributed by atoms with van der Waals surface area (Å²) in [6.45, 7) is 2.96. The van der Waals surface area contributed by atoms with Gasteiger partial charge in [0.15, 0.2) is 17.4 Å². The summed E-state index contributed by atoms with van der Waals surface area (Å²) in [5.74, 6) is -2.10. The molecule has 0 heterocycles. The van der Waals surface area contributed by atoms with Gasteiger partial charge in [-0.3, -0.25) is 4.79 Å². The van der Waals surface area contributed by atoms with Crippen LogP contribution in [0.15, 0.2) is 12.1 Å². The fourth-order valence-electron chi connectivity index (χ4n) is 1.59. The number of carbonyl (C=O) groups excluding carboxylic acids is 1. The smallest absolute Gasteiger partial charge is 0.225 e. The summed E-state index contributed by atoms with van der Waals surface area (Å²) in [6.07, 6.45) is 0.0744. The van der Waals surface area contributed by atoms with E-state index in [2.05, 4.69) is 5.32 Å². The molecule has 6 heteroatoms. The summed E-state index contributed by atoms with van der Waals surface area (Å²) >= 11 is 0. The highest BCUT2D eigenvalue weighted by Crippen LogP contribution is 2.23. The van der Waals surface area contributed by atoms with Crippen LogP contribution in [0.1, 0.15) is 18.9 Å². The molecule has 0 aliphatic carbocycles. The van der Waals surface area contributed by atoms with Crippen LogP contribution in [0.3, 0.4) is 0 Å². The quantitative estimate of drug-likeness (QED) is 0.833. The second-order valence-electron chi connectivity index (χ2n) is 4.56. The van der Waals surface area contributed by atoms with E-state index in [1.807, 2.05) is 6.92 Å². The van der Waals surface area contributed by atoms with Crippen LogP contribution in [0.5, 0.6) is 5.75 Å². The molecule has 0 radical (unpaired) electrons. The molecule has 0 saturated carbocycles. The Balaban J connectivity index is 2.64. The van der Waals surface area contributed by atoms with Crippen LogP contribution in [0.2, 0.25) is 0 Å². The summed E-state index contributed by atoms with van der Waals surface area (Å²) in [7, 11) is 3.22. The van der Waals surface area contributed by atoms with Gasteiger partial charge in [0.05, 0.1) is 13.0 Å². The molecule has 0 aliphatic heterocycles. The molecule has 0 spiro atoms. The van der Waals surface area contributed by atoms with E-state index >= 15 is 0 Å². The molecular formula is C14H20F2N2O2. The molecule has 0 bridgehead atoms. The molecule has 0 aliphatic rings. The van der Waals surface area contributed by atoms with Crippen molar-refractivity contribution >= 4 is 5.91 Å². The van der Waals surface area contributed by atoms with Crippen LogP contribution >= 0.6 is 0 Å². The molecule has 1 aromatic carbocycles. The molecule has 0 fully saturated rings. The van der Waals surface area contributed by atoms with Gasteiger partial charge >= 0.3 is 0 Å². The molecule has 20 heavy (non-hydrogen) atoms. The Bertz CT molecular complexity index is 441. The minimum Gasteiger partial charge on any atom is -0.487 e. The Morgan fingerprint density at radius 2 is 1.90 bits per heavy atom. The Hall–Kier alpha value is -1.69. The first-order valence-electron chi connectivity index (χ1n) is 6.47. The van der Waals surface area contributed by atoms with Crippen LogP contribution in [0.25, 0.3) is 0 Å². The van der Waals surface area contributed by atoms with Crippen molar-refractivity contribution in [3.8, 4) is 5.75 Å². The molecule has 1 aromatic rings. The van der Waals surface area contributed by atoms with Crippen LogP contribution < -0.4 is 10.1 Å². The van der Waals surface area contributed by atoms with Gasteiger partial charge in [-0.05, 0) is 24.2 Å². The van der Waals surface area contributed by atoms with Crippen molar-refractivity contribution in [2.75, 3.05) is 27.2 Å². The summed E-state index contributed by atoms with van der Waals surface area (Å²) in [4.78, 5) is 12.7. The van der Waals surface area contributed by atoms with Crippen molar-refractivity contribution in [2.24, 2.45) is 0 Å². The molecule has 0 unspecified atom stereocenters. The second kappa shape index (κ2) is 7.79. The summed E-state index contributed by atoms with van der Waals surface area (Å²) in [5, 5.41) is 2.98. The number of benzene rings is 1. The Morgan fingerprint density at radius 3 is 2.40 bits per heavy atom. The Labute approximate surface area is 117 Å². The first-order chi connectivity index (χ1) is 9.45. The Morgan fingerprint density at radius 1 is 1.30 bits per heavy atom. The summed E-state index contributed by atoms with van der Waals surface area (Å²) in [5.41, 5.74) is 0.513. The predicted octanol–water partition coefficient (Wildman–Crippen LogP) is 1.93. The number of carbonyl (C=O) groups is 1. The van der Waals surface area contributed by atoms with E-state index < -0.39 is 17.4 Å². The van der Waals surface area contributed by atoms with Crippen LogP contribution in [0, 0.1) is 11.6 Å². The van der Waals surface area contributed by atoms with Gasteiger partial charge in [0.2, 0.25) is 5.91 Å². The monoisotopic (exact) mass is 286 g/mol. The topological polar surface area (TPSA) is 41.6 Å². The van der Waals surface area contributed by atoms with Gasteiger partial charge in [-0.25, -0.2) is 8.78 Å². The van der Waals surface area contributed by atoms with E-state index in [0.717, 1.165) is 0 Å². The van der Waals surface area contributed by atoms with E-state index in [1.165, 1.54) is 17.0 Å². The van der Waals surface area contributed by atoms with E-state index in [9.17, 15) is 13.6 Å². The summed E-state index contributed by atoms with van der Waals surface area (Å²) < 4.78 is 32.5. The zero-order valence-electron chi connectivity index (χ0n) is 12.0. The molecule has 1 amide bonds. The van der Waals surface area contributed by atoms with Gasteiger partial charge in [-0.15, -0.1) is 0 Å². The number of hydrogen-bond acceptors (Lipinski definition) is 3. The predicted molar refractivity (Wildman–Crippen MR) is 72.5 cm³/mol. The summed E-state index contributed by atoms with van der Waals surface area (Å²) in [6, 6.07) is 2.46. The number of rotatable bonds is 7. The largest absolute Gasteiger partial charge is 0.487 e. The minimum atomic E-state index is -0.754. The lowest BCUT2D eigenvalue weighted by atomic mass is 10.2. The molecule has 112 valence electrons. The maximum Gasteiger partial charge on any atom is 0.225 e. The number of nitrogens with one attached hydrogen (secondary N) is 1. The highest BCUT2D eigenvalue weighted by molar-refractivity contribution is 5.75. The third kappa shape index (κ3) is 4.77. The average Bonchev–Trinajstić information content (AvgIpc) is 2.39. The number of hydrogen-bond donors (Lipinski definition) is 1. The van der Waals surface area contributed by atoms with Crippen LogP contribution in [0.4, 0.5) is 8.78 Å². The average molecular weight is 286 g/mol. The first-order valence-corrected chi connectivity index (χ1v) is 6.47. The molecule has 1 rings (SSSR count). The van der Waals surface area contributed by atoms with E-state index in [-0.39, 0.29) is 18.9 Å². The number of ether oxygens (including phenoxy) is 1. The van der Waals surface area contributed by atoms with Gasteiger partial charge in [0.1, 0.15) is 0 Å². The second-order valence-corrected chi connectivity index (χ2v) is 4.56. The normalized spacial score (nSPS) is 10.4. The van der Waals surface area contributed by atoms with Crippen molar-refractivity contribution < 1.29 is 18.3 Å². The lowest BCUT2D eigenvalue weighted by Gasteiger charge is -2.12. The van der Waals surface area contributed by atoms with Gasteiger partial charge in [0, 0.05) is 20.6 Å². The SMILES string of the molecule is CCNCc1cc(F)c(OCCC(=O)N(C)C)c(F)c1. The third-order valence-corrected chi connectivity index (χ3v) is 2.70. The van der Waals surface area contributed by atoms with E-state index in [1.54, 1.807) is 14.1 Å². The maximum absolute atomic E-state index is 13.7. The van der Waals surface area contributed by atoms with Crippen molar-refractivity contribution in [2.45, 2.75) is 19.9 Å². The fraction of sp³-hybridized carbons (Fsp3) is 0.500. The molecule has 0 atom stereocenters. The van der Waals surface area contributed by atoms with E-state index in [4.69, 9.17) is 4.74 Å². The number of amides is 1. The van der Waals surface area contributed by atoms with Gasteiger partial charge in [-0.2, -0.15) is 0 Å². The molecule has 0 aromatic heterocycles. The van der Waals surface area contributed by atoms with Crippen molar-refractivity contribution in [1.29, 1.82) is 0 Å². The zero-order valence-corrected chi connectivity index (χ0v) is 12.0. The van der Waals surface area contributed by atoms with Gasteiger partial charge < -0.3 is 15.0 Å². The molecule has 4 nitrogen and oxygen atoms in total. The lowest BCUT2D eigenvalue weighted by Crippen LogP contribution is -2.23. The van der Waals surface area contributed by atoms with Crippen LogP contribution in [-0.2, 0) is 11.3 Å². The Kier molecular flexibility index (Phi) is 6.38. The first kappa shape index (κ1) is 16.4. The van der Waals surface area contributed by atoms with Gasteiger partial charge in [-0.1, -0.05) is 6.92 Å². The highest BCUT2D eigenvalue weighted by Gasteiger charge is 2.13. The highest BCUT2D eigenvalue weighted by atomic mass is 19.1. The standard InChI is InChI=1S/C14H20F2N2O2/c1-4-17-9-10-7-11(15)14(12(16)8-10)20-6-5-13(19)18(2)3/h7-8,17H,4-6,9H2,1-3H3. The van der Waals surface area contributed by atoms with Crippen LogP contribution in [-0.4, -0.2) is 38.1 Å². The zero-order chi connectivity index (χ0) is 15.1. The van der Waals surface area contributed by atoms with Crippen molar-refractivity contribution in [3.63, 3.8) is 0 Å². The molecule has 0 saturated heterocycles. The number of nitrogens with zero attached hydrogens (tertiary/aromatic N) is 1. The lowest BCUT2D eigenvalue weighted by molar-refractivity contribution is -0.129. The van der Waals surface area contributed by atoms with Gasteiger partial charge in [0.25, 0.3) is 0 Å². The number of halogens is 2. The maximum atomic E-state index is 13.7. The minimum absolute atomic E-state index is 0.0581. The fourth-order valence-corrected chi connectivity index (χ4v) is 1.59. The molecule has 1 N–H and O–H groups in total. The van der Waals surface area contributed by atoms with E-state index in [0.29, 0.717) is 18.7 Å². The third-order valence-electron chi connectivity index (χ3n) is 2.70. The molecular weight excluding hydrogens is 266 g/mol. The van der Waals surface area contributed by atoms with Crippen molar-refractivity contribution in [3.05, 3.63) is 29.3 Å². The van der Waals surface area contributed by atoms with Crippen molar-refractivity contribution in [1.82, 2.24) is 10.2 Å².